The normalized spacial score (nSPS) is 12.7. The lowest BCUT2D eigenvalue weighted by Crippen LogP contribution is -2.24. The smallest absolute Gasteiger partial charge is 0.332 e. The molecule has 0 aliphatic carbocycles. The van der Waals surface area contributed by atoms with E-state index >= 15 is 0 Å². The molecule has 0 amide bonds. The number of rotatable bonds is 33. The molecule has 1 N–H and O–H groups in total. The van der Waals surface area contributed by atoms with Gasteiger partial charge in [0.2, 0.25) is 0 Å². The van der Waals surface area contributed by atoms with Crippen LogP contribution in [0.4, 0.5) is 0 Å². The van der Waals surface area contributed by atoms with Gasteiger partial charge in [0.15, 0.2) is 6.10 Å². The van der Waals surface area contributed by atoms with Crippen molar-refractivity contribution in [2.75, 3.05) is 6.61 Å². The minimum absolute atomic E-state index is 0.587. The van der Waals surface area contributed by atoms with Gasteiger partial charge in [0.1, 0.15) is 0 Å². The number of unbranched alkanes of at least 4 members (excludes halogenated alkanes) is 23. The summed E-state index contributed by atoms with van der Waals surface area (Å²) in [4.78, 5) is 11.5. The minimum atomic E-state index is -0.792. The molecule has 0 aliphatic heterocycles. The predicted octanol–water partition coefficient (Wildman–Crippen LogP) is 12.5. The summed E-state index contributed by atoms with van der Waals surface area (Å²) in [6.07, 6.45) is 43.9. The van der Waals surface area contributed by atoms with Crippen LogP contribution >= 0.6 is 0 Å². The second-order valence-corrected chi connectivity index (χ2v) is 12.0. The van der Waals surface area contributed by atoms with Crippen molar-refractivity contribution in [1.29, 1.82) is 0 Å². The van der Waals surface area contributed by atoms with E-state index in [0.29, 0.717) is 13.0 Å². The van der Waals surface area contributed by atoms with Crippen molar-refractivity contribution in [1.82, 2.24) is 0 Å². The molecule has 3 heteroatoms. The molecule has 0 spiro atoms. The highest BCUT2D eigenvalue weighted by molar-refractivity contribution is 5.72. The first kappa shape index (κ1) is 38.9. The second kappa shape index (κ2) is 34.1. The molecule has 236 valence electrons. The Morgan fingerprint density at radius 3 is 1.20 bits per heavy atom. The van der Waals surface area contributed by atoms with E-state index in [1.807, 2.05) is 0 Å². The molecule has 0 aromatic heterocycles. The van der Waals surface area contributed by atoms with Crippen molar-refractivity contribution in [2.45, 2.75) is 200 Å². The maximum atomic E-state index is 11.5. The molecular weight excluding hydrogens is 492 g/mol. The lowest BCUT2D eigenvalue weighted by atomic mass is 10.1. The van der Waals surface area contributed by atoms with E-state index in [2.05, 4.69) is 38.2 Å². The average Bonchev–Trinajstić information content (AvgIpc) is 2.95. The first-order valence-electron chi connectivity index (χ1n) is 17.9. The maximum absolute atomic E-state index is 11.5. The SMILES string of the molecule is CCCCCCCCC=CCCCCCCCCOC(CCCCCCCC=CCCCCCCCC)C(=O)O. The molecule has 0 aliphatic rings. The van der Waals surface area contributed by atoms with E-state index < -0.39 is 12.1 Å². The van der Waals surface area contributed by atoms with E-state index in [1.165, 1.54) is 148 Å². The van der Waals surface area contributed by atoms with E-state index in [0.717, 1.165) is 25.7 Å². The number of hydrogen-bond acceptors (Lipinski definition) is 2. The fourth-order valence-corrected chi connectivity index (χ4v) is 5.25. The fraction of sp³-hybridized carbons (Fsp3) is 0.865. The van der Waals surface area contributed by atoms with E-state index in [1.54, 1.807) is 0 Å². The van der Waals surface area contributed by atoms with Crippen molar-refractivity contribution >= 4 is 5.97 Å². The van der Waals surface area contributed by atoms with Crippen LogP contribution in [-0.4, -0.2) is 23.8 Å². The summed E-state index contributed by atoms with van der Waals surface area (Å²) in [5.41, 5.74) is 0. The summed E-state index contributed by atoms with van der Waals surface area (Å²) >= 11 is 0. The van der Waals surface area contributed by atoms with Crippen LogP contribution < -0.4 is 0 Å². The fourth-order valence-electron chi connectivity index (χ4n) is 5.25. The Labute approximate surface area is 251 Å². The summed E-state index contributed by atoms with van der Waals surface area (Å²) in [5.74, 6) is -0.792. The summed E-state index contributed by atoms with van der Waals surface area (Å²) in [7, 11) is 0. The molecule has 0 radical (unpaired) electrons. The van der Waals surface area contributed by atoms with Crippen LogP contribution in [-0.2, 0) is 9.53 Å². The average molecular weight is 563 g/mol. The van der Waals surface area contributed by atoms with Gasteiger partial charge in [-0.25, -0.2) is 4.79 Å². The molecule has 0 rings (SSSR count). The molecule has 0 fully saturated rings. The van der Waals surface area contributed by atoms with Crippen LogP contribution in [0.1, 0.15) is 194 Å². The lowest BCUT2D eigenvalue weighted by Gasteiger charge is -2.13. The predicted molar refractivity (Wildman–Crippen MR) is 176 cm³/mol. The van der Waals surface area contributed by atoms with E-state index in [9.17, 15) is 9.90 Å². The molecule has 3 nitrogen and oxygen atoms in total. The number of carboxylic acid groups (broad SMARTS) is 1. The summed E-state index contributed by atoms with van der Waals surface area (Å²) in [5, 5.41) is 9.49. The highest BCUT2D eigenvalue weighted by atomic mass is 16.5. The van der Waals surface area contributed by atoms with Gasteiger partial charge in [0.05, 0.1) is 0 Å². The first-order valence-corrected chi connectivity index (χ1v) is 17.9. The van der Waals surface area contributed by atoms with Gasteiger partial charge < -0.3 is 9.84 Å². The van der Waals surface area contributed by atoms with Gasteiger partial charge in [-0.1, -0.05) is 154 Å². The Bertz CT molecular complexity index is 554. The zero-order valence-electron chi connectivity index (χ0n) is 27.2. The number of allylic oxidation sites excluding steroid dienone is 4. The molecule has 0 saturated carbocycles. The number of carboxylic acids is 1. The molecule has 0 aromatic rings. The zero-order valence-corrected chi connectivity index (χ0v) is 27.2. The van der Waals surface area contributed by atoms with Gasteiger partial charge in [-0.15, -0.1) is 0 Å². The minimum Gasteiger partial charge on any atom is -0.479 e. The Kier molecular flexibility index (Phi) is 33.2. The molecule has 1 unspecified atom stereocenters. The number of ether oxygens (including phenoxy) is 1. The van der Waals surface area contributed by atoms with Crippen LogP contribution in [0, 0.1) is 0 Å². The Morgan fingerprint density at radius 1 is 0.500 bits per heavy atom. The molecule has 1 atom stereocenters. The van der Waals surface area contributed by atoms with Crippen LogP contribution in [0.2, 0.25) is 0 Å². The van der Waals surface area contributed by atoms with E-state index in [4.69, 9.17) is 4.74 Å². The van der Waals surface area contributed by atoms with Gasteiger partial charge in [-0.05, 0) is 64.2 Å². The molecule has 0 saturated heterocycles. The number of aliphatic carboxylic acids is 1. The molecule has 0 heterocycles. The quantitative estimate of drug-likeness (QED) is 0.0639. The van der Waals surface area contributed by atoms with Gasteiger partial charge in [0.25, 0.3) is 0 Å². The van der Waals surface area contributed by atoms with Crippen molar-refractivity contribution < 1.29 is 14.6 Å². The topological polar surface area (TPSA) is 46.5 Å². The molecule has 0 aromatic carbocycles. The van der Waals surface area contributed by atoms with Crippen LogP contribution in [0.25, 0.3) is 0 Å². The Balaban J connectivity index is 3.47. The van der Waals surface area contributed by atoms with Gasteiger partial charge in [0, 0.05) is 6.61 Å². The van der Waals surface area contributed by atoms with E-state index in [-0.39, 0.29) is 0 Å². The zero-order chi connectivity index (χ0) is 29.2. The Hall–Kier alpha value is -1.09. The third-order valence-corrected chi connectivity index (χ3v) is 7.98. The molecule has 0 bridgehead atoms. The van der Waals surface area contributed by atoms with Crippen molar-refractivity contribution in [3.05, 3.63) is 24.3 Å². The standard InChI is InChI=1S/C37H70O3/c1-3-5-7-9-11-13-15-17-19-21-23-25-27-29-31-33-35-40-36(37(38)39)34-32-30-28-26-24-22-20-18-16-14-12-10-8-6-4-2/h17-20,36H,3-16,21-35H2,1-2H3,(H,38,39). The molecule has 40 heavy (non-hydrogen) atoms. The van der Waals surface area contributed by atoms with Crippen LogP contribution in [0.3, 0.4) is 0 Å². The third-order valence-electron chi connectivity index (χ3n) is 7.98. The highest BCUT2D eigenvalue weighted by Crippen LogP contribution is 2.14. The highest BCUT2D eigenvalue weighted by Gasteiger charge is 2.17. The largest absolute Gasteiger partial charge is 0.479 e. The van der Waals surface area contributed by atoms with Crippen molar-refractivity contribution in [2.24, 2.45) is 0 Å². The Morgan fingerprint density at radius 2 is 0.825 bits per heavy atom. The summed E-state index contributed by atoms with van der Waals surface area (Å²) in [6, 6.07) is 0. The third kappa shape index (κ3) is 31.4. The maximum Gasteiger partial charge on any atom is 0.332 e. The van der Waals surface area contributed by atoms with Gasteiger partial charge in [-0.2, -0.15) is 0 Å². The molecular formula is C37H70O3. The van der Waals surface area contributed by atoms with Gasteiger partial charge >= 0.3 is 5.97 Å². The lowest BCUT2D eigenvalue weighted by molar-refractivity contribution is -0.151. The number of carbonyl (C=O) groups is 1. The number of hydrogen-bond donors (Lipinski definition) is 1. The summed E-state index contributed by atoms with van der Waals surface area (Å²) < 4.78 is 5.72. The second-order valence-electron chi connectivity index (χ2n) is 12.0. The van der Waals surface area contributed by atoms with Crippen LogP contribution in [0.15, 0.2) is 24.3 Å². The summed E-state index contributed by atoms with van der Waals surface area (Å²) in [6.45, 7) is 5.13. The van der Waals surface area contributed by atoms with Crippen molar-refractivity contribution in [3.63, 3.8) is 0 Å². The van der Waals surface area contributed by atoms with Gasteiger partial charge in [-0.3, -0.25) is 0 Å². The van der Waals surface area contributed by atoms with Crippen LogP contribution in [0.5, 0.6) is 0 Å². The first-order chi connectivity index (χ1) is 19.7. The van der Waals surface area contributed by atoms with Crippen molar-refractivity contribution in [3.8, 4) is 0 Å². The monoisotopic (exact) mass is 563 g/mol.